The SMILES string of the molecule is Cc1cccc(NC(=O)[C@H](C)SCc2nc3sc(C)c(C)c3c(=O)[nH]2)c1C. The van der Waals surface area contributed by atoms with Crippen LogP contribution in [-0.4, -0.2) is 21.1 Å². The maximum Gasteiger partial charge on any atom is 0.259 e. The highest BCUT2D eigenvalue weighted by Crippen LogP contribution is 2.27. The predicted octanol–water partition coefficient (Wildman–Crippen LogP) is 4.48. The van der Waals surface area contributed by atoms with Gasteiger partial charge in [-0.3, -0.25) is 9.59 Å². The zero-order chi connectivity index (χ0) is 19.7. The highest BCUT2D eigenvalue weighted by molar-refractivity contribution is 7.99. The maximum absolute atomic E-state index is 12.5. The zero-order valence-electron chi connectivity index (χ0n) is 16.1. The molecule has 5 nitrogen and oxygen atoms in total. The molecule has 0 unspecified atom stereocenters. The number of thiophene rings is 1. The number of benzene rings is 1. The van der Waals surface area contributed by atoms with Gasteiger partial charge in [0.1, 0.15) is 10.7 Å². The number of carbonyl (C=O) groups is 1. The third-order valence-corrected chi connectivity index (χ3v) is 7.05. The lowest BCUT2D eigenvalue weighted by atomic mass is 10.1. The summed E-state index contributed by atoms with van der Waals surface area (Å²) in [6, 6.07) is 5.87. The van der Waals surface area contributed by atoms with E-state index in [4.69, 9.17) is 0 Å². The molecule has 0 aliphatic rings. The molecule has 0 aliphatic carbocycles. The van der Waals surface area contributed by atoms with Crippen molar-refractivity contribution in [2.45, 2.75) is 45.6 Å². The smallest absolute Gasteiger partial charge is 0.259 e. The number of hydrogen-bond donors (Lipinski definition) is 2. The number of amides is 1. The third kappa shape index (κ3) is 4.09. The van der Waals surface area contributed by atoms with Crippen LogP contribution in [0.25, 0.3) is 10.2 Å². The molecule has 2 aromatic heterocycles. The first kappa shape index (κ1) is 19.6. The van der Waals surface area contributed by atoms with Gasteiger partial charge in [0.2, 0.25) is 5.91 Å². The van der Waals surface area contributed by atoms with Gasteiger partial charge in [0.15, 0.2) is 0 Å². The molecule has 27 heavy (non-hydrogen) atoms. The molecule has 0 saturated heterocycles. The van der Waals surface area contributed by atoms with Crippen molar-refractivity contribution in [1.82, 2.24) is 9.97 Å². The van der Waals surface area contributed by atoms with Gasteiger partial charge in [-0.15, -0.1) is 23.1 Å². The molecule has 0 spiro atoms. The summed E-state index contributed by atoms with van der Waals surface area (Å²) in [5.41, 5.74) is 3.94. The van der Waals surface area contributed by atoms with Crippen LogP contribution < -0.4 is 10.9 Å². The van der Waals surface area contributed by atoms with E-state index in [1.807, 2.05) is 52.8 Å². The third-order valence-electron chi connectivity index (χ3n) is 4.79. The second-order valence-corrected chi connectivity index (χ2v) is 9.20. The first-order valence-electron chi connectivity index (χ1n) is 8.75. The topological polar surface area (TPSA) is 74.8 Å². The fourth-order valence-corrected chi connectivity index (χ4v) is 4.57. The number of thioether (sulfide) groups is 1. The summed E-state index contributed by atoms with van der Waals surface area (Å²) in [7, 11) is 0. The summed E-state index contributed by atoms with van der Waals surface area (Å²) in [4.78, 5) is 34.1. The van der Waals surface area contributed by atoms with Crippen LogP contribution in [0.3, 0.4) is 0 Å². The number of anilines is 1. The van der Waals surface area contributed by atoms with E-state index in [1.54, 1.807) is 0 Å². The van der Waals surface area contributed by atoms with Gasteiger partial charge in [0.25, 0.3) is 5.56 Å². The minimum absolute atomic E-state index is 0.0556. The van der Waals surface area contributed by atoms with Crippen LogP contribution in [0.5, 0.6) is 0 Å². The van der Waals surface area contributed by atoms with E-state index in [0.29, 0.717) is 17.0 Å². The van der Waals surface area contributed by atoms with Crippen molar-refractivity contribution in [1.29, 1.82) is 0 Å². The Labute approximate surface area is 166 Å². The molecule has 142 valence electrons. The van der Waals surface area contributed by atoms with Crippen molar-refractivity contribution in [2.75, 3.05) is 5.32 Å². The van der Waals surface area contributed by atoms with Crippen LogP contribution in [0.4, 0.5) is 5.69 Å². The Balaban J connectivity index is 1.69. The van der Waals surface area contributed by atoms with Gasteiger partial charge in [-0.05, 0) is 57.4 Å². The molecule has 0 fully saturated rings. The number of fused-ring (bicyclic) bond motifs is 1. The summed E-state index contributed by atoms with van der Waals surface area (Å²) >= 11 is 2.99. The van der Waals surface area contributed by atoms with Gasteiger partial charge in [0.05, 0.1) is 16.4 Å². The molecular formula is C20H23N3O2S2. The maximum atomic E-state index is 12.5. The Kier molecular flexibility index (Phi) is 5.72. The molecule has 0 saturated carbocycles. The van der Waals surface area contributed by atoms with Gasteiger partial charge in [-0.1, -0.05) is 12.1 Å². The van der Waals surface area contributed by atoms with E-state index in [2.05, 4.69) is 15.3 Å². The van der Waals surface area contributed by atoms with Crippen molar-refractivity contribution in [3.63, 3.8) is 0 Å². The molecule has 1 amide bonds. The van der Waals surface area contributed by atoms with E-state index in [9.17, 15) is 9.59 Å². The largest absolute Gasteiger partial charge is 0.325 e. The Morgan fingerprint density at radius 1 is 1.26 bits per heavy atom. The quantitative estimate of drug-likeness (QED) is 0.661. The number of aryl methyl sites for hydroxylation is 3. The number of H-pyrrole nitrogens is 1. The number of rotatable bonds is 5. The van der Waals surface area contributed by atoms with Gasteiger partial charge in [-0.25, -0.2) is 4.98 Å². The van der Waals surface area contributed by atoms with Crippen molar-refractivity contribution >= 4 is 44.9 Å². The molecule has 1 aromatic carbocycles. The highest BCUT2D eigenvalue weighted by Gasteiger charge is 2.17. The van der Waals surface area contributed by atoms with E-state index in [1.165, 1.54) is 23.1 Å². The lowest BCUT2D eigenvalue weighted by Crippen LogP contribution is -2.23. The first-order chi connectivity index (χ1) is 12.8. The van der Waals surface area contributed by atoms with E-state index < -0.39 is 0 Å². The summed E-state index contributed by atoms with van der Waals surface area (Å²) in [6.45, 7) is 9.82. The van der Waals surface area contributed by atoms with Crippen LogP contribution >= 0.6 is 23.1 Å². The normalized spacial score (nSPS) is 12.3. The van der Waals surface area contributed by atoms with Crippen LogP contribution in [0, 0.1) is 27.7 Å². The average molecular weight is 402 g/mol. The molecule has 0 bridgehead atoms. The number of nitrogens with one attached hydrogen (secondary N) is 2. The number of aromatic nitrogens is 2. The first-order valence-corrected chi connectivity index (χ1v) is 10.6. The molecule has 3 aromatic rings. The fourth-order valence-electron chi connectivity index (χ4n) is 2.77. The van der Waals surface area contributed by atoms with E-state index in [-0.39, 0.29) is 16.7 Å². The van der Waals surface area contributed by atoms with Crippen LogP contribution in [0.2, 0.25) is 0 Å². The van der Waals surface area contributed by atoms with Crippen LogP contribution in [-0.2, 0) is 10.5 Å². The Morgan fingerprint density at radius 3 is 2.74 bits per heavy atom. The standard InChI is InChI=1S/C20H23N3O2S2/c1-10-7-6-8-15(11(10)2)21-18(24)14(5)26-9-16-22-19(25)17-12(3)13(4)27-20(17)23-16/h6-8,14H,9H2,1-5H3,(H,21,24)(H,22,23,25)/t14-/m0/s1. The van der Waals surface area contributed by atoms with Crippen molar-refractivity contribution < 1.29 is 4.79 Å². The minimum atomic E-state index is -0.266. The minimum Gasteiger partial charge on any atom is -0.325 e. The fraction of sp³-hybridized carbons (Fsp3) is 0.350. The average Bonchev–Trinajstić information content (AvgIpc) is 2.91. The summed E-state index contributed by atoms with van der Waals surface area (Å²) in [5, 5.41) is 3.40. The van der Waals surface area contributed by atoms with Gasteiger partial charge >= 0.3 is 0 Å². The molecule has 3 rings (SSSR count). The van der Waals surface area contributed by atoms with Crippen LogP contribution in [0.15, 0.2) is 23.0 Å². The predicted molar refractivity (Wildman–Crippen MR) is 115 cm³/mol. The number of nitrogens with zero attached hydrogens (tertiary/aromatic N) is 1. The number of carbonyl (C=O) groups excluding carboxylic acids is 1. The summed E-state index contributed by atoms with van der Waals surface area (Å²) in [6.07, 6.45) is 0. The van der Waals surface area contributed by atoms with Gasteiger partial charge < -0.3 is 10.3 Å². The zero-order valence-corrected chi connectivity index (χ0v) is 17.7. The molecule has 2 N–H and O–H groups in total. The second kappa shape index (κ2) is 7.86. The van der Waals surface area contributed by atoms with E-state index >= 15 is 0 Å². The molecule has 0 aliphatic heterocycles. The Hall–Kier alpha value is -2.12. The van der Waals surface area contributed by atoms with Crippen LogP contribution in [0.1, 0.15) is 34.3 Å². The molecule has 1 atom stereocenters. The molecule has 7 heteroatoms. The summed E-state index contributed by atoms with van der Waals surface area (Å²) in [5.74, 6) is 1.02. The van der Waals surface area contributed by atoms with Gasteiger partial charge in [-0.2, -0.15) is 0 Å². The number of aromatic amines is 1. The van der Waals surface area contributed by atoms with Gasteiger partial charge in [0, 0.05) is 10.6 Å². The Bertz CT molecular complexity index is 1070. The van der Waals surface area contributed by atoms with Crippen molar-refractivity contribution in [3.8, 4) is 0 Å². The summed E-state index contributed by atoms with van der Waals surface area (Å²) < 4.78 is 0. The highest BCUT2D eigenvalue weighted by atomic mass is 32.2. The van der Waals surface area contributed by atoms with E-state index in [0.717, 1.165) is 32.1 Å². The monoisotopic (exact) mass is 401 g/mol. The molecule has 2 heterocycles. The lowest BCUT2D eigenvalue weighted by molar-refractivity contribution is -0.115. The molecule has 0 radical (unpaired) electrons. The van der Waals surface area contributed by atoms with Crippen molar-refractivity contribution in [3.05, 3.63) is 55.9 Å². The molecular weight excluding hydrogens is 378 g/mol. The number of hydrogen-bond acceptors (Lipinski definition) is 5. The van der Waals surface area contributed by atoms with Crippen molar-refractivity contribution in [2.24, 2.45) is 0 Å². The Morgan fingerprint density at radius 2 is 2.00 bits per heavy atom. The second-order valence-electron chi connectivity index (χ2n) is 6.67. The lowest BCUT2D eigenvalue weighted by Gasteiger charge is -2.14.